The first-order chi connectivity index (χ1) is 10.0. The molecule has 2 amide bonds. The summed E-state index contributed by atoms with van der Waals surface area (Å²) in [5.74, 6) is -0.330. The van der Waals surface area contributed by atoms with Crippen molar-refractivity contribution < 1.29 is 14.3 Å². The highest BCUT2D eigenvalue weighted by Crippen LogP contribution is 2.14. The number of halogens is 1. The molecule has 21 heavy (non-hydrogen) atoms. The Morgan fingerprint density at radius 3 is 2.52 bits per heavy atom. The van der Waals surface area contributed by atoms with Crippen LogP contribution in [0.2, 0.25) is 0 Å². The van der Waals surface area contributed by atoms with E-state index in [4.69, 9.17) is 10.5 Å². The van der Waals surface area contributed by atoms with Crippen molar-refractivity contribution in [2.24, 2.45) is 5.73 Å². The van der Waals surface area contributed by atoms with Crippen LogP contribution in [0.1, 0.15) is 12.8 Å². The maximum atomic E-state index is 11.7. The number of ether oxygens (including phenoxy) is 1. The minimum Gasteiger partial charge on any atom is -0.380 e. The van der Waals surface area contributed by atoms with Crippen molar-refractivity contribution in [3.63, 3.8) is 0 Å². The number of carbonyl (C=O) groups is 2. The third-order valence-electron chi connectivity index (χ3n) is 2.81. The van der Waals surface area contributed by atoms with E-state index < -0.39 is 0 Å². The maximum Gasteiger partial charge on any atom is 0.226 e. The smallest absolute Gasteiger partial charge is 0.226 e. The summed E-state index contributed by atoms with van der Waals surface area (Å²) in [5.41, 5.74) is 6.15. The Balaban J connectivity index is 2.24. The van der Waals surface area contributed by atoms with Crippen LogP contribution in [0.15, 0.2) is 28.7 Å². The van der Waals surface area contributed by atoms with Crippen molar-refractivity contribution in [2.75, 3.05) is 25.5 Å². The third-order valence-corrected chi connectivity index (χ3v) is 3.34. The van der Waals surface area contributed by atoms with Gasteiger partial charge in [0.15, 0.2) is 0 Å². The van der Waals surface area contributed by atoms with Gasteiger partial charge in [-0.25, -0.2) is 0 Å². The molecular weight excluding hydrogens is 338 g/mol. The number of benzene rings is 1. The van der Waals surface area contributed by atoms with E-state index in [1.54, 1.807) is 12.1 Å². The molecule has 0 heterocycles. The van der Waals surface area contributed by atoms with Crippen molar-refractivity contribution in [2.45, 2.75) is 18.9 Å². The Labute approximate surface area is 132 Å². The highest BCUT2D eigenvalue weighted by Gasteiger charge is 2.11. The van der Waals surface area contributed by atoms with E-state index in [0.717, 1.165) is 10.2 Å². The van der Waals surface area contributed by atoms with Crippen LogP contribution in [0.3, 0.4) is 0 Å². The lowest BCUT2D eigenvalue weighted by Crippen LogP contribution is -2.33. The average Bonchev–Trinajstić information content (AvgIpc) is 2.47. The van der Waals surface area contributed by atoms with Crippen LogP contribution in [0, 0.1) is 0 Å². The zero-order valence-electron chi connectivity index (χ0n) is 11.9. The predicted molar refractivity (Wildman–Crippen MR) is 84.9 cm³/mol. The van der Waals surface area contributed by atoms with Crippen molar-refractivity contribution in [3.05, 3.63) is 28.7 Å². The van der Waals surface area contributed by atoms with Crippen LogP contribution in [0.4, 0.5) is 5.69 Å². The molecule has 0 aliphatic heterocycles. The fraction of sp³-hybridized carbons (Fsp3) is 0.429. The van der Waals surface area contributed by atoms with Gasteiger partial charge in [-0.1, -0.05) is 15.9 Å². The molecule has 0 aromatic heterocycles. The zero-order chi connectivity index (χ0) is 15.7. The summed E-state index contributed by atoms with van der Waals surface area (Å²) in [6.45, 7) is 0.566. The molecule has 0 spiro atoms. The minimum atomic E-state index is -0.290. The summed E-state index contributed by atoms with van der Waals surface area (Å²) in [5, 5.41) is 5.41. The molecule has 0 aliphatic rings. The van der Waals surface area contributed by atoms with Gasteiger partial charge >= 0.3 is 0 Å². The number of hydrogen-bond acceptors (Lipinski definition) is 4. The van der Waals surface area contributed by atoms with E-state index in [9.17, 15) is 9.59 Å². The van der Waals surface area contributed by atoms with E-state index in [0.29, 0.717) is 0 Å². The van der Waals surface area contributed by atoms with Gasteiger partial charge in [0.2, 0.25) is 11.8 Å². The normalized spacial score (nSPS) is 11.8. The molecule has 0 saturated heterocycles. The molecule has 1 aromatic carbocycles. The van der Waals surface area contributed by atoms with E-state index >= 15 is 0 Å². The first-order valence-corrected chi connectivity index (χ1v) is 7.39. The number of rotatable bonds is 8. The third kappa shape index (κ3) is 7.22. The van der Waals surface area contributed by atoms with Gasteiger partial charge in [-0.05, 0) is 24.3 Å². The Morgan fingerprint density at radius 2 is 1.95 bits per heavy atom. The van der Waals surface area contributed by atoms with E-state index in [-0.39, 0.29) is 43.8 Å². The summed E-state index contributed by atoms with van der Waals surface area (Å²) >= 11 is 3.32. The van der Waals surface area contributed by atoms with E-state index in [1.165, 1.54) is 7.11 Å². The van der Waals surface area contributed by atoms with Crippen molar-refractivity contribution in [3.8, 4) is 0 Å². The summed E-state index contributed by atoms with van der Waals surface area (Å²) < 4.78 is 5.96. The number of amides is 2. The molecule has 1 unspecified atom stereocenters. The van der Waals surface area contributed by atoms with Gasteiger partial charge in [0, 0.05) is 36.8 Å². The van der Waals surface area contributed by atoms with Gasteiger partial charge in [0.25, 0.3) is 0 Å². The minimum absolute atomic E-state index is 0.153. The molecule has 0 saturated carbocycles. The van der Waals surface area contributed by atoms with Crippen LogP contribution >= 0.6 is 15.9 Å². The molecule has 6 nitrogen and oxygen atoms in total. The fourth-order valence-corrected chi connectivity index (χ4v) is 1.88. The quantitative estimate of drug-likeness (QED) is 0.652. The second-order valence-electron chi connectivity index (χ2n) is 4.45. The lowest BCUT2D eigenvalue weighted by Gasteiger charge is -2.12. The van der Waals surface area contributed by atoms with Crippen LogP contribution in [0.25, 0.3) is 0 Å². The molecule has 4 N–H and O–H groups in total. The molecule has 0 fully saturated rings. The Hall–Kier alpha value is -1.44. The van der Waals surface area contributed by atoms with E-state index in [1.807, 2.05) is 12.1 Å². The van der Waals surface area contributed by atoms with Crippen molar-refractivity contribution in [1.29, 1.82) is 0 Å². The number of carbonyl (C=O) groups excluding carboxylic acids is 2. The summed E-state index contributed by atoms with van der Waals surface area (Å²) in [7, 11) is 1.51. The van der Waals surface area contributed by atoms with Gasteiger partial charge < -0.3 is 21.1 Å². The maximum absolute atomic E-state index is 11.7. The molecule has 116 valence electrons. The second kappa shape index (κ2) is 9.49. The number of hydrogen-bond donors (Lipinski definition) is 3. The molecule has 1 rings (SSSR count). The monoisotopic (exact) mass is 357 g/mol. The SMILES string of the molecule is COC(CN)CC(=O)NCCC(=O)Nc1ccc(Br)cc1. The summed E-state index contributed by atoms with van der Waals surface area (Å²) in [4.78, 5) is 23.3. The van der Waals surface area contributed by atoms with Crippen molar-refractivity contribution in [1.82, 2.24) is 5.32 Å². The Morgan fingerprint density at radius 1 is 1.29 bits per heavy atom. The molecule has 7 heteroatoms. The highest BCUT2D eigenvalue weighted by atomic mass is 79.9. The number of anilines is 1. The second-order valence-corrected chi connectivity index (χ2v) is 5.37. The van der Waals surface area contributed by atoms with Gasteiger partial charge in [-0.2, -0.15) is 0 Å². The first kappa shape index (κ1) is 17.6. The predicted octanol–water partition coefficient (Wildman–Crippen LogP) is 1.26. The Kier molecular flexibility index (Phi) is 7.96. The van der Waals surface area contributed by atoms with Crippen LogP contribution in [-0.2, 0) is 14.3 Å². The molecule has 0 bridgehead atoms. The van der Waals surface area contributed by atoms with Crippen LogP contribution < -0.4 is 16.4 Å². The van der Waals surface area contributed by atoms with Crippen LogP contribution in [-0.4, -0.2) is 38.1 Å². The largest absolute Gasteiger partial charge is 0.380 e. The van der Waals surface area contributed by atoms with Crippen molar-refractivity contribution >= 4 is 33.4 Å². The highest BCUT2D eigenvalue weighted by molar-refractivity contribution is 9.10. The topological polar surface area (TPSA) is 93.4 Å². The molecule has 0 aliphatic carbocycles. The molecular formula is C14H20BrN3O3. The standard InChI is InChI=1S/C14H20BrN3O3/c1-21-12(9-16)8-14(20)17-7-6-13(19)18-11-4-2-10(15)3-5-11/h2-5,12H,6-9,16H2,1H3,(H,17,20)(H,18,19). The first-order valence-electron chi connectivity index (χ1n) is 6.60. The van der Waals surface area contributed by atoms with Gasteiger partial charge in [-0.15, -0.1) is 0 Å². The van der Waals surface area contributed by atoms with Gasteiger partial charge in [-0.3, -0.25) is 9.59 Å². The number of methoxy groups -OCH3 is 1. The Bertz CT molecular complexity index is 461. The van der Waals surface area contributed by atoms with E-state index in [2.05, 4.69) is 26.6 Å². The molecule has 1 aromatic rings. The lowest BCUT2D eigenvalue weighted by atomic mass is 10.2. The van der Waals surface area contributed by atoms with Gasteiger partial charge in [0.05, 0.1) is 12.5 Å². The van der Waals surface area contributed by atoms with Gasteiger partial charge in [0.1, 0.15) is 0 Å². The summed E-state index contributed by atoms with van der Waals surface area (Å²) in [6.07, 6.45) is 0.116. The number of nitrogens with two attached hydrogens (primary N) is 1. The molecule has 1 atom stereocenters. The number of nitrogens with one attached hydrogen (secondary N) is 2. The fourth-order valence-electron chi connectivity index (χ4n) is 1.61. The lowest BCUT2D eigenvalue weighted by molar-refractivity contribution is -0.123. The van der Waals surface area contributed by atoms with Crippen LogP contribution in [0.5, 0.6) is 0 Å². The average molecular weight is 358 g/mol. The summed E-state index contributed by atoms with van der Waals surface area (Å²) in [6, 6.07) is 7.28. The zero-order valence-corrected chi connectivity index (χ0v) is 13.5. The molecule has 0 radical (unpaired) electrons.